The summed E-state index contributed by atoms with van der Waals surface area (Å²) < 4.78 is 13.8. The predicted molar refractivity (Wildman–Crippen MR) is 122 cm³/mol. The summed E-state index contributed by atoms with van der Waals surface area (Å²) in [6, 6.07) is 20.6. The molecule has 0 fully saturated rings. The number of aromatic amines is 1. The van der Waals surface area contributed by atoms with Crippen LogP contribution in [0.25, 0.3) is 11.4 Å². The number of benzene rings is 3. The van der Waals surface area contributed by atoms with Crippen molar-refractivity contribution >= 4 is 23.2 Å². The summed E-state index contributed by atoms with van der Waals surface area (Å²) in [4.78, 5) is 32.8. The second-order valence-corrected chi connectivity index (χ2v) is 7.38. The standard InChI is InChI=1S/C25H21FN4O2/c1-15-11-12-18(13-21(15)26)24(31)28-19-9-6-10-20(14-19)29-25(32)22-16(2)27-23(30-22)17-7-4-3-5-8-17/h3-14H,1-2H3,(H,27,30)(H,28,31)(H,29,32). The van der Waals surface area contributed by atoms with Gasteiger partial charge in [0.05, 0.1) is 0 Å². The number of carbonyl (C=O) groups excluding carboxylic acids is 2. The Labute approximate surface area is 184 Å². The minimum absolute atomic E-state index is 0.211. The molecular formula is C25H21FN4O2. The van der Waals surface area contributed by atoms with Crippen molar-refractivity contribution in [1.82, 2.24) is 9.97 Å². The maximum Gasteiger partial charge on any atom is 0.276 e. The summed E-state index contributed by atoms with van der Waals surface area (Å²) in [7, 11) is 0. The molecule has 6 nitrogen and oxygen atoms in total. The maximum atomic E-state index is 13.8. The van der Waals surface area contributed by atoms with Gasteiger partial charge in [0.1, 0.15) is 17.3 Å². The van der Waals surface area contributed by atoms with Gasteiger partial charge in [0.2, 0.25) is 0 Å². The normalized spacial score (nSPS) is 10.6. The van der Waals surface area contributed by atoms with Crippen LogP contribution in [0.1, 0.15) is 32.1 Å². The van der Waals surface area contributed by atoms with Crippen LogP contribution in [0.2, 0.25) is 0 Å². The van der Waals surface area contributed by atoms with E-state index in [2.05, 4.69) is 20.6 Å². The van der Waals surface area contributed by atoms with Gasteiger partial charge in [-0.15, -0.1) is 0 Å². The van der Waals surface area contributed by atoms with Crippen molar-refractivity contribution in [2.24, 2.45) is 0 Å². The van der Waals surface area contributed by atoms with Crippen LogP contribution in [-0.4, -0.2) is 21.8 Å². The average Bonchev–Trinajstić information content (AvgIpc) is 3.18. The van der Waals surface area contributed by atoms with Crippen LogP contribution in [0.3, 0.4) is 0 Å². The highest BCUT2D eigenvalue weighted by atomic mass is 19.1. The van der Waals surface area contributed by atoms with Gasteiger partial charge in [-0.2, -0.15) is 0 Å². The number of anilines is 2. The number of imidazole rings is 1. The Bertz CT molecular complexity index is 1300. The van der Waals surface area contributed by atoms with Crippen LogP contribution >= 0.6 is 0 Å². The fraction of sp³-hybridized carbons (Fsp3) is 0.0800. The molecule has 0 saturated heterocycles. The van der Waals surface area contributed by atoms with Gasteiger partial charge in [-0.1, -0.05) is 42.5 Å². The van der Waals surface area contributed by atoms with Crippen LogP contribution < -0.4 is 10.6 Å². The molecule has 4 rings (SSSR count). The van der Waals surface area contributed by atoms with Gasteiger partial charge in [0.25, 0.3) is 11.8 Å². The summed E-state index contributed by atoms with van der Waals surface area (Å²) in [6.07, 6.45) is 0. The Hall–Kier alpha value is -4.26. The number of nitrogens with zero attached hydrogens (tertiary/aromatic N) is 1. The number of rotatable bonds is 5. The first-order valence-corrected chi connectivity index (χ1v) is 10.0. The fourth-order valence-electron chi connectivity index (χ4n) is 3.22. The molecule has 1 aromatic heterocycles. The van der Waals surface area contributed by atoms with E-state index in [4.69, 9.17) is 0 Å². The first kappa shape index (κ1) is 21.0. The number of hydrogen-bond acceptors (Lipinski definition) is 3. The zero-order chi connectivity index (χ0) is 22.7. The third-order valence-corrected chi connectivity index (χ3v) is 4.96. The van der Waals surface area contributed by atoms with E-state index in [1.54, 1.807) is 50.2 Å². The van der Waals surface area contributed by atoms with Crippen molar-refractivity contribution in [2.75, 3.05) is 10.6 Å². The van der Waals surface area contributed by atoms with Crippen molar-refractivity contribution in [1.29, 1.82) is 0 Å². The molecule has 2 amide bonds. The van der Waals surface area contributed by atoms with E-state index in [0.717, 1.165) is 5.56 Å². The van der Waals surface area contributed by atoms with Crippen LogP contribution in [0.15, 0.2) is 72.8 Å². The van der Waals surface area contributed by atoms with Gasteiger partial charge in [-0.3, -0.25) is 9.59 Å². The Morgan fingerprint density at radius 1 is 0.844 bits per heavy atom. The van der Waals surface area contributed by atoms with E-state index in [1.165, 1.54) is 6.07 Å². The molecule has 0 radical (unpaired) electrons. The lowest BCUT2D eigenvalue weighted by molar-refractivity contribution is 0.101. The molecule has 1 heterocycles. The SMILES string of the molecule is Cc1ccc(C(=O)Nc2cccc(NC(=O)c3nc(-c4ccccc4)[nH]c3C)c2)cc1F. The highest BCUT2D eigenvalue weighted by molar-refractivity contribution is 6.06. The predicted octanol–water partition coefficient (Wildman–Crippen LogP) is 5.34. The Balaban J connectivity index is 1.48. The Kier molecular flexibility index (Phi) is 5.81. The third kappa shape index (κ3) is 4.57. The lowest BCUT2D eigenvalue weighted by atomic mass is 10.1. The van der Waals surface area contributed by atoms with Gasteiger partial charge in [0, 0.05) is 28.2 Å². The van der Waals surface area contributed by atoms with E-state index >= 15 is 0 Å². The molecule has 0 spiro atoms. The number of aryl methyl sites for hydroxylation is 2. The monoisotopic (exact) mass is 428 g/mol. The molecule has 0 saturated carbocycles. The van der Waals surface area contributed by atoms with Crippen LogP contribution in [0.4, 0.5) is 15.8 Å². The molecule has 4 aromatic rings. The van der Waals surface area contributed by atoms with E-state index < -0.39 is 11.7 Å². The van der Waals surface area contributed by atoms with Gasteiger partial charge >= 0.3 is 0 Å². The first-order valence-electron chi connectivity index (χ1n) is 10.0. The topological polar surface area (TPSA) is 86.9 Å². The van der Waals surface area contributed by atoms with Gasteiger partial charge in [-0.05, 0) is 49.7 Å². The molecule has 0 aliphatic carbocycles. The fourth-order valence-corrected chi connectivity index (χ4v) is 3.22. The Morgan fingerprint density at radius 3 is 2.22 bits per heavy atom. The van der Waals surface area contributed by atoms with Gasteiger partial charge < -0.3 is 15.6 Å². The van der Waals surface area contributed by atoms with E-state index in [9.17, 15) is 14.0 Å². The summed E-state index contributed by atoms with van der Waals surface area (Å²) in [6.45, 7) is 3.42. The van der Waals surface area contributed by atoms with Crippen molar-refractivity contribution in [2.45, 2.75) is 13.8 Å². The number of halogens is 1. The Morgan fingerprint density at radius 2 is 1.53 bits per heavy atom. The van der Waals surface area contributed by atoms with Crippen molar-refractivity contribution in [3.63, 3.8) is 0 Å². The second-order valence-electron chi connectivity index (χ2n) is 7.38. The van der Waals surface area contributed by atoms with Crippen molar-refractivity contribution < 1.29 is 14.0 Å². The number of amides is 2. The van der Waals surface area contributed by atoms with Crippen molar-refractivity contribution in [3.05, 3.63) is 101 Å². The molecule has 0 bridgehead atoms. The number of hydrogen-bond donors (Lipinski definition) is 3. The highest BCUT2D eigenvalue weighted by Gasteiger charge is 2.16. The zero-order valence-corrected chi connectivity index (χ0v) is 17.6. The summed E-state index contributed by atoms with van der Waals surface area (Å²) in [5.74, 6) is -0.643. The smallest absolute Gasteiger partial charge is 0.276 e. The average molecular weight is 428 g/mol. The second kappa shape index (κ2) is 8.85. The van der Waals surface area contributed by atoms with E-state index in [1.807, 2.05) is 30.3 Å². The minimum Gasteiger partial charge on any atom is -0.341 e. The van der Waals surface area contributed by atoms with Gasteiger partial charge in [-0.25, -0.2) is 9.37 Å². The van der Waals surface area contributed by atoms with Crippen molar-refractivity contribution in [3.8, 4) is 11.4 Å². The summed E-state index contributed by atoms with van der Waals surface area (Å²) >= 11 is 0. The van der Waals surface area contributed by atoms with Crippen LogP contribution in [0, 0.1) is 19.7 Å². The lowest BCUT2D eigenvalue weighted by Gasteiger charge is -2.09. The minimum atomic E-state index is -0.442. The summed E-state index contributed by atoms with van der Waals surface area (Å²) in [5, 5.41) is 5.52. The number of H-pyrrole nitrogens is 1. The third-order valence-electron chi connectivity index (χ3n) is 4.96. The molecule has 3 aromatic carbocycles. The lowest BCUT2D eigenvalue weighted by Crippen LogP contribution is -2.15. The van der Waals surface area contributed by atoms with Crippen LogP contribution in [-0.2, 0) is 0 Å². The highest BCUT2D eigenvalue weighted by Crippen LogP contribution is 2.21. The molecule has 7 heteroatoms. The molecule has 32 heavy (non-hydrogen) atoms. The molecule has 0 unspecified atom stereocenters. The summed E-state index contributed by atoms with van der Waals surface area (Å²) in [5.41, 5.74) is 3.45. The molecule has 0 aliphatic heterocycles. The first-order chi connectivity index (χ1) is 15.4. The number of carbonyl (C=O) groups is 2. The molecular weight excluding hydrogens is 407 g/mol. The molecule has 160 valence electrons. The van der Waals surface area contributed by atoms with Gasteiger partial charge in [0.15, 0.2) is 0 Å². The maximum absolute atomic E-state index is 13.8. The van der Waals surface area contributed by atoms with E-state index in [0.29, 0.717) is 28.5 Å². The van der Waals surface area contributed by atoms with E-state index in [-0.39, 0.29) is 17.2 Å². The number of nitrogens with one attached hydrogen (secondary N) is 3. The largest absolute Gasteiger partial charge is 0.341 e. The molecule has 0 aliphatic rings. The zero-order valence-electron chi connectivity index (χ0n) is 17.6. The quantitative estimate of drug-likeness (QED) is 0.401. The molecule has 3 N–H and O–H groups in total. The van der Waals surface area contributed by atoms with Crippen LogP contribution in [0.5, 0.6) is 0 Å². The molecule has 0 atom stereocenters. The number of aromatic nitrogens is 2.